The molecular weight excluding hydrogens is 294 g/mol. The van der Waals surface area contributed by atoms with Gasteiger partial charge < -0.3 is 9.80 Å². The van der Waals surface area contributed by atoms with E-state index < -0.39 is 0 Å². The van der Waals surface area contributed by atoms with Gasteiger partial charge in [0.2, 0.25) is 0 Å². The number of halogens is 1. The standard InChI is InChI=1S/C18H24ClN3/c1-21(2)17-6-4-16(5-7-17)18(19)14-22(3)13-10-15-8-11-20-12-9-15/h4-9,11-12,18H,10,13-14H2,1-3H3. The molecule has 0 N–H and O–H groups in total. The van der Waals surface area contributed by atoms with E-state index in [1.807, 2.05) is 26.5 Å². The lowest BCUT2D eigenvalue weighted by molar-refractivity contribution is 0.338. The summed E-state index contributed by atoms with van der Waals surface area (Å²) in [6.45, 7) is 1.83. The third kappa shape index (κ3) is 5.00. The Hall–Kier alpha value is -1.58. The summed E-state index contributed by atoms with van der Waals surface area (Å²) in [6, 6.07) is 12.6. The number of pyridine rings is 1. The van der Waals surface area contributed by atoms with E-state index in [9.17, 15) is 0 Å². The van der Waals surface area contributed by atoms with E-state index >= 15 is 0 Å². The molecule has 3 nitrogen and oxygen atoms in total. The third-order valence-corrected chi connectivity index (χ3v) is 4.16. The number of benzene rings is 1. The van der Waals surface area contributed by atoms with Crippen LogP contribution < -0.4 is 4.90 Å². The predicted octanol–water partition coefficient (Wildman–Crippen LogP) is 3.60. The lowest BCUT2D eigenvalue weighted by Crippen LogP contribution is -2.25. The van der Waals surface area contributed by atoms with Gasteiger partial charge in [0.25, 0.3) is 0 Å². The third-order valence-electron chi connectivity index (χ3n) is 3.77. The van der Waals surface area contributed by atoms with E-state index in [2.05, 4.69) is 58.2 Å². The molecule has 0 radical (unpaired) electrons. The molecule has 1 aromatic heterocycles. The maximum absolute atomic E-state index is 6.55. The Balaban J connectivity index is 1.84. The van der Waals surface area contributed by atoms with Crippen LogP contribution in [0.5, 0.6) is 0 Å². The summed E-state index contributed by atoms with van der Waals surface area (Å²) in [5.74, 6) is 0. The zero-order valence-electron chi connectivity index (χ0n) is 13.5. The van der Waals surface area contributed by atoms with Crippen LogP contribution in [0.1, 0.15) is 16.5 Å². The minimum absolute atomic E-state index is 0.0126. The molecule has 1 heterocycles. The van der Waals surface area contributed by atoms with Crippen LogP contribution >= 0.6 is 11.6 Å². The van der Waals surface area contributed by atoms with Crippen molar-refractivity contribution in [1.29, 1.82) is 0 Å². The molecule has 0 bridgehead atoms. The summed E-state index contributed by atoms with van der Waals surface area (Å²) in [5.41, 5.74) is 3.67. The van der Waals surface area contributed by atoms with Crippen LogP contribution in [0.2, 0.25) is 0 Å². The fraction of sp³-hybridized carbons (Fsp3) is 0.389. The topological polar surface area (TPSA) is 19.4 Å². The highest BCUT2D eigenvalue weighted by Crippen LogP contribution is 2.23. The van der Waals surface area contributed by atoms with Gasteiger partial charge in [0.05, 0.1) is 5.38 Å². The monoisotopic (exact) mass is 317 g/mol. The highest BCUT2D eigenvalue weighted by Gasteiger charge is 2.11. The van der Waals surface area contributed by atoms with E-state index in [-0.39, 0.29) is 5.38 Å². The van der Waals surface area contributed by atoms with Crippen LogP contribution in [0.25, 0.3) is 0 Å². The summed E-state index contributed by atoms with van der Waals surface area (Å²) in [5, 5.41) is 0.0126. The van der Waals surface area contributed by atoms with Crippen molar-refractivity contribution < 1.29 is 0 Å². The number of rotatable bonds is 7. The van der Waals surface area contributed by atoms with E-state index in [4.69, 9.17) is 11.6 Å². The summed E-state index contributed by atoms with van der Waals surface area (Å²) in [6.07, 6.45) is 4.69. The molecule has 1 aromatic carbocycles. The zero-order chi connectivity index (χ0) is 15.9. The molecule has 2 rings (SSSR count). The summed E-state index contributed by atoms with van der Waals surface area (Å²) >= 11 is 6.55. The lowest BCUT2D eigenvalue weighted by Gasteiger charge is -2.21. The lowest BCUT2D eigenvalue weighted by atomic mass is 10.1. The van der Waals surface area contributed by atoms with Gasteiger partial charge in [-0.25, -0.2) is 0 Å². The fourth-order valence-corrected chi connectivity index (χ4v) is 2.70. The van der Waals surface area contributed by atoms with Crippen molar-refractivity contribution in [2.24, 2.45) is 0 Å². The van der Waals surface area contributed by atoms with Crippen molar-refractivity contribution in [2.45, 2.75) is 11.8 Å². The van der Waals surface area contributed by atoms with Crippen molar-refractivity contribution in [3.05, 3.63) is 59.9 Å². The minimum Gasteiger partial charge on any atom is -0.378 e. The first-order valence-electron chi connectivity index (χ1n) is 7.55. The molecule has 1 atom stereocenters. The van der Waals surface area contributed by atoms with Gasteiger partial charge in [-0.1, -0.05) is 12.1 Å². The summed E-state index contributed by atoms with van der Waals surface area (Å²) in [4.78, 5) is 8.41. The van der Waals surface area contributed by atoms with E-state index in [0.29, 0.717) is 0 Å². The average Bonchev–Trinajstić information content (AvgIpc) is 2.54. The van der Waals surface area contributed by atoms with Crippen molar-refractivity contribution in [1.82, 2.24) is 9.88 Å². The van der Waals surface area contributed by atoms with Gasteiger partial charge in [0.1, 0.15) is 0 Å². The number of alkyl halides is 1. The maximum Gasteiger partial charge on any atom is 0.0712 e. The van der Waals surface area contributed by atoms with E-state index in [0.717, 1.165) is 19.5 Å². The number of likely N-dealkylation sites (N-methyl/N-ethyl adjacent to an activating group) is 1. The van der Waals surface area contributed by atoms with Gasteiger partial charge in [0, 0.05) is 45.3 Å². The molecule has 2 aromatic rings. The summed E-state index contributed by atoms with van der Waals surface area (Å²) < 4.78 is 0. The maximum atomic E-state index is 6.55. The Bertz CT molecular complexity index is 554. The molecule has 4 heteroatoms. The van der Waals surface area contributed by atoms with Crippen molar-refractivity contribution in [3.63, 3.8) is 0 Å². The fourth-order valence-electron chi connectivity index (χ4n) is 2.32. The van der Waals surface area contributed by atoms with Crippen LogP contribution in [-0.4, -0.2) is 44.1 Å². The van der Waals surface area contributed by atoms with Crippen molar-refractivity contribution in [2.75, 3.05) is 39.1 Å². The molecule has 0 saturated heterocycles. The van der Waals surface area contributed by atoms with Gasteiger partial charge in [-0.3, -0.25) is 4.98 Å². The Labute approximate surface area is 138 Å². The highest BCUT2D eigenvalue weighted by atomic mass is 35.5. The van der Waals surface area contributed by atoms with Gasteiger partial charge in [-0.15, -0.1) is 11.6 Å². The number of hydrogen-bond donors (Lipinski definition) is 0. The summed E-state index contributed by atoms with van der Waals surface area (Å²) in [7, 11) is 6.20. The van der Waals surface area contributed by atoms with Gasteiger partial charge in [-0.05, 0) is 48.9 Å². The smallest absolute Gasteiger partial charge is 0.0712 e. The number of aromatic nitrogens is 1. The number of hydrogen-bond acceptors (Lipinski definition) is 3. The molecule has 0 aliphatic heterocycles. The minimum atomic E-state index is 0.0126. The molecule has 1 unspecified atom stereocenters. The van der Waals surface area contributed by atoms with Gasteiger partial charge in [0.15, 0.2) is 0 Å². The molecule has 0 saturated carbocycles. The van der Waals surface area contributed by atoms with E-state index in [1.165, 1.54) is 16.8 Å². The largest absolute Gasteiger partial charge is 0.378 e. The van der Waals surface area contributed by atoms with Crippen molar-refractivity contribution >= 4 is 17.3 Å². The molecular formula is C18H24ClN3. The van der Waals surface area contributed by atoms with E-state index in [1.54, 1.807) is 0 Å². The molecule has 0 fully saturated rings. The first-order chi connectivity index (χ1) is 10.6. The van der Waals surface area contributed by atoms with Gasteiger partial charge in [-0.2, -0.15) is 0 Å². The highest BCUT2D eigenvalue weighted by molar-refractivity contribution is 6.21. The molecule has 0 amide bonds. The molecule has 0 spiro atoms. The van der Waals surface area contributed by atoms with Crippen LogP contribution in [-0.2, 0) is 6.42 Å². The van der Waals surface area contributed by atoms with Crippen LogP contribution in [0, 0.1) is 0 Å². The molecule has 118 valence electrons. The second kappa shape index (κ2) is 8.16. The zero-order valence-corrected chi connectivity index (χ0v) is 14.3. The average molecular weight is 318 g/mol. The van der Waals surface area contributed by atoms with Crippen LogP contribution in [0.4, 0.5) is 5.69 Å². The Morgan fingerprint density at radius 2 is 1.64 bits per heavy atom. The van der Waals surface area contributed by atoms with Crippen LogP contribution in [0.3, 0.4) is 0 Å². The number of nitrogens with zero attached hydrogens (tertiary/aromatic N) is 3. The predicted molar refractivity (Wildman–Crippen MR) is 94.8 cm³/mol. The molecule has 0 aliphatic carbocycles. The Kier molecular flexibility index (Phi) is 6.22. The molecule has 22 heavy (non-hydrogen) atoms. The second-order valence-corrected chi connectivity index (χ2v) is 6.35. The van der Waals surface area contributed by atoms with Crippen LogP contribution in [0.15, 0.2) is 48.8 Å². The SMILES string of the molecule is CN(CCc1ccncc1)CC(Cl)c1ccc(N(C)C)cc1. The number of anilines is 1. The second-order valence-electron chi connectivity index (χ2n) is 5.82. The molecule has 0 aliphatic rings. The van der Waals surface area contributed by atoms with Gasteiger partial charge >= 0.3 is 0 Å². The normalized spacial score (nSPS) is 12.4. The first-order valence-corrected chi connectivity index (χ1v) is 7.98. The first kappa shape index (κ1) is 16.8. The quantitative estimate of drug-likeness (QED) is 0.727. The van der Waals surface area contributed by atoms with Crippen molar-refractivity contribution in [3.8, 4) is 0 Å². The Morgan fingerprint density at radius 3 is 2.23 bits per heavy atom. The Morgan fingerprint density at radius 1 is 1.00 bits per heavy atom.